The second-order valence-electron chi connectivity index (χ2n) is 11.8. The van der Waals surface area contributed by atoms with Gasteiger partial charge in [-0.05, 0) is 36.4 Å². The summed E-state index contributed by atoms with van der Waals surface area (Å²) < 4.78 is 9.26. The highest BCUT2D eigenvalue weighted by atomic mass is 32.1. The van der Waals surface area contributed by atoms with E-state index >= 15 is 0 Å². The Balaban J connectivity index is 1.49. The number of thiophene rings is 1. The summed E-state index contributed by atoms with van der Waals surface area (Å²) >= 11 is 1.88. The zero-order chi connectivity index (χ0) is 27.7. The minimum Gasteiger partial charge on any atom is -0.454 e. The van der Waals surface area contributed by atoms with Crippen LogP contribution in [0.15, 0.2) is 126 Å². The number of para-hydroxylation sites is 2. The number of anilines is 3. The van der Waals surface area contributed by atoms with Crippen molar-refractivity contribution in [2.75, 3.05) is 4.90 Å². The zero-order valence-electron chi connectivity index (χ0n) is 23.3. The van der Waals surface area contributed by atoms with Gasteiger partial charge in [-0.2, -0.15) is 0 Å². The molecule has 0 aliphatic heterocycles. The average molecular weight is 564 g/mol. The number of furan rings is 1. The molecule has 0 fully saturated rings. The maximum Gasteiger partial charge on any atom is 0.159 e. The second-order valence-corrected chi connectivity index (χ2v) is 17.9. The largest absolute Gasteiger partial charge is 0.454 e. The van der Waals surface area contributed by atoms with Crippen LogP contribution in [0.25, 0.3) is 52.9 Å². The smallest absolute Gasteiger partial charge is 0.159 e. The van der Waals surface area contributed by atoms with Crippen LogP contribution in [-0.2, 0) is 0 Å². The molecule has 198 valence electrons. The molecule has 0 saturated heterocycles. The van der Waals surface area contributed by atoms with Crippen LogP contribution in [0.2, 0.25) is 19.6 Å². The standard InChI is InChI=1S/C37H29NOSSi/c1-41(2,3)25-21-19-24(20-22-25)38(32-16-10-15-29-27-12-6-8-17-34(27)39-36(29)32)33-23-31-28-13-7-9-18-35(28)40-37(31)30-14-5-4-11-26(30)33/h4-23H,1-3H3. The molecule has 0 amide bonds. The van der Waals surface area contributed by atoms with Gasteiger partial charge in [0.2, 0.25) is 0 Å². The lowest BCUT2D eigenvalue weighted by molar-refractivity contribution is 0.669. The third kappa shape index (κ3) is 3.82. The average Bonchev–Trinajstić information content (AvgIpc) is 3.56. The Morgan fingerprint density at radius 1 is 0.561 bits per heavy atom. The summed E-state index contributed by atoms with van der Waals surface area (Å²) in [6.45, 7) is 7.20. The van der Waals surface area contributed by atoms with Crippen LogP contribution < -0.4 is 10.1 Å². The molecule has 0 N–H and O–H groups in total. The molecule has 8 rings (SSSR count). The van der Waals surface area contributed by atoms with E-state index in [0.717, 1.165) is 39.0 Å². The van der Waals surface area contributed by atoms with Crippen LogP contribution in [0.1, 0.15) is 0 Å². The van der Waals surface area contributed by atoms with Gasteiger partial charge in [-0.1, -0.05) is 110 Å². The summed E-state index contributed by atoms with van der Waals surface area (Å²) in [7, 11) is -1.45. The van der Waals surface area contributed by atoms with Crippen molar-refractivity contribution in [3.8, 4) is 0 Å². The lowest BCUT2D eigenvalue weighted by Gasteiger charge is -2.28. The van der Waals surface area contributed by atoms with Crippen LogP contribution in [0.5, 0.6) is 0 Å². The maximum atomic E-state index is 6.61. The SMILES string of the molecule is C[Si](C)(C)c1ccc(N(c2cc3c4ccccc4sc3c3ccccc23)c2cccc3c2oc2ccccc23)cc1. The highest BCUT2D eigenvalue weighted by Crippen LogP contribution is 2.48. The first-order valence-electron chi connectivity index (χ1n) is 14.1. The number of hydrogen-bond donors (Lipinski definition) is 0. The minimum absolute atomic E-state index is 0.905. The molecular formula is C37H29NOSSi. The number of nitrogens with zero attached hydrogens (tertiary/aromatic N) is 1. The highest BCUT2D eigenvalue weighted by molar-refractivity contribution is 7.26. The quantitative estimate of drug-likeness (QED) is 0.198. The van der Waals surface area contributed by atoms with Crippen LogP contribution in [0.3, 0.4) is 0 Å². The molecule has 0 atom stereocenters. The van der Waals surface area contributed by atoms with Gasteiger partial charge in [0.15, 0.2) is 5.58 Å². The first-order chi connectivity index (χ1) is 20.0. The Bertz CT molecular complexity index is 2250. The van der Waals surface area contributed by atoms with Gasteiger partial charge in [-0.25, -0.2) is 0 Å². The van der Waals surface area contributed by atoms with Gasteiger partial charge in [0.05, 0.1) is 19.4 Å². The third-order valence-corrected chi connectivity index (χ3v) is 11.5. The van der Waals surface area contributed by atoms with Crippen molar-refractivity contribution in [2.45, 2.75) is 19.6 Å². The molecule has 0 unspecified atom stereocenters. The third-order valence-electron chi connectivity index (χ3n) is 8.22. The molecule has 0 radical (unpaired) electrons. The molecule has 0 aliphatic rings. The van der Waals surface area contributed by atoms with E-state index in [9.17, 15) is 0 Å². The van der Waals surface area contributed by atoms with Crippen molar-refractivity contribution >= 4 is 94.5 Å². The van der Waals surface area contributed by atoms with Crippen molar-refractivity contribution < 1.29 is 4.42 Å². The van der Waals surface area contributed by atoms with Crippen molar-refractivity contribution in [1.82, 2.24) is 0 Å². The van der Waals surface area contributed by atoms with Gasteiger partial charge < -0.3 is 9.32 Å². The molecule has 0 saturated carbocycles. The summed E-state index contributed by atoms with van der Waals surface area (Å²) in [5.74, 6) is 0. The Hall–Kier alpha value is -4.38. The Morgan fingerprint density at radius 2 is 1.22 bits per heavy atom. The van der Waals surface area contributed by atoms with Gasteiger partial charge in [0.25, 0.3) is 0 Å². The molecule has 2 aromatic heterocycles. The van der Waals surface area contributed by atoms with Gasteiger partial charge in [-0.15, -0.1) is 11.3 Å². The first kappa shape index (κ1) is 24.4. The molecule has 4 heteroatoms. The molecule has 0 aliphatic carbocycles. The normalized spacial score (nSPS) is 12.3. The van der Waals surface area contributed by atoms with Gasteiger partial charge in [0.1, 0.15) is 5.58 Å². The van der Waals surface area contributed by atoms with Crippen LogP contribution >= 0.6 is 11.3 Å². The maximum absolute atomic E-state index is 6.61. The van der Waals surface area contributed by atoms with Crippen molar-refractivity contribution in [2.24, 2.45) is 0 Å². The summed E-state index contributed by atoms with van der Waals surface area (Å²) in [6.07, 6.45) is 0. The van der Waals surface area contributed by atoms with Crippen molar-refractivity contribution in [3.05, 3.63) is 121 Å². The predicted molar refractivity (Wildman–Crippen MR) is 182 cm³/mol. The van der Waals surface area contributed by atoms with Crippen molar-refractivity contribution in [1.29, 1.82) is 0 Å². The van der Waals surface area contributed by atoms with Gasteiger partial charge >= 0.3 is 0 Å². The van der Waals surface area contributed by atoms with E-state index in [2.05, 4.69) is 140 Å². The predicted octanol–water partition coefficient (Wildman–Crippen LogP) is 11.1. The van der Waals surface area contributed by atoms with Gasteiger partial charge in [-0.3, -0.25) is 0 Å². The number of hydrogen-bond acceptors (Lipinski definition) is 3. The van der Waals surface area contributed by atoms with E-state index in [-0.39, 0.29) is 0 Å². The summed E-state index contributed by atoms with van der Waals surface area (Å²) in [4.78, 5) is 2.41. The lowest BCUT2D eigenvalue weighted by atomic mass is 10.0. The van der Waals surface area contributed by atoms with Gasteiger partial charge in [0, 0.05) is 47.4 Å². The fraction of sp³-hybridized carbons (Fsp3) is 0.0811. The molecule has 2 nitrogen and oxygen atoms in total. The minimum atomic E-state index is -1.45. The molecule has 2 heterocycles. The Labute approximate surface area is 244 Å². The second kappa shape index (κ2) is 9.07. The number of fused-ring (bicyclic) bond motifs is 8. The summed E-state index contributed by atoms with van der Waals surface area (Å²) in [5, 5.41) is 8.83. The lowest BCUT2D eigenvalue weighted by Crippen LogP contribution is -2.37. The number of rotatable bonds is 4. The van der Waals surface area contributed by atoms with Crippen LogP contribution in [-0.4, -0.2) is 8.07 Å². The molecule has 6 aromatic carbocycles. The number of benzene rings is 6. The molecular weight excluding hydrogens is 535 g/mol. The van der Waals surface area contributed by atoms with E-state index < -0.39 is 8.07 Å². The van der Waals surface area contributed by atoms with E-state index in [1.165, 1.54) is 36.1 Å². The monoisotopic (exact) mass is 563 g/mol. The van der Waals surface area contributed by atoms with Crippen LogP contribution in [0, 0.1) is 0 Å². The topological polar surface area (TPSA) is 16.4 Å². The van der Waals surface area contributed by atoms with E-state index in [0.29, 0.717) is 0 Å². The van der Waals surface area contributed by atoms with E-state index in [1.54, 1.807) is 0 Å². The Morgan fingerprint density at radius 3 is 2.00 bits per heavy atom. The first-order valence-corrected chi connectivity index (χ1v) is 18.4. The van der Waals surface area contributed by atoms with E-state index in [4.69, 9.17) is 4.42 Å². The van der Waals surface area contributed by atoms with Crippen molar-refractivity contribution in [3.63, 3.8) is 0 Å². The fourth-order valence-electron chi connectivity index (χ4n) is 6.14. The molecule has 41 heavy (non-hydrogen) atoms. The highest BCUT2D eigenvalue weighted by Gasteiger charge is 2.24. The fourth-order valence-corrected chi connectivity index (χ4v) is 8.53. The zero-order valence-corrected chi connectivity index (χ0v) is 25.1. The summed E-state index contributed by atoms with van der Waals surface area (Å²) in [5.41, 5.74) is 5.15. The molecule has 8 aromatic rings. The van der Waals surface area contributed by atoms with Crippen LogP contribution in [0.4, 0.5) is 17.1 Å². The van der Waals surface area contributed by atoms with E-state index in [1.807, 2.05) is 17.4 Å². The molecule has 0 spiro atoms. The summed E-state index contributed by atoms with van der Waals surface area (Å²) in [6, 6.07) is 44.1. The Kier molecular flexibility index (Phi) is 5.40. The molecule has 0 bridgehead atoms.